The summed E-state index contributed by atoms with van der Waals surface area (Å²) < 4.78 is 1.94. The lowest BCUT2D eigenvalue weighted by molar-refractivity contribution is 0.104. The summed E-state index contributed by atoms with van der Waals surface area (Å²) >= 11 is 0. The van der Waals surface area contributed by atoms with Crippen molar-refractivity contribution in [3.05, 3.63) is 89.9 Å². The van der Waals surface area contributed by atoms with Crippen molar-refractivity contribution in [2.45, 2.75) is 6.54 Å². The predicted molar refractivity (Wildman–Crippen MR) is 97.4 cm³/mol. The van der Waals surface area contributed by atoms with Crippen LogP contribution in [-0.4, -0.2) is 20.3 Å². The van der Waals surface area contributed by atoms with Crippen LogP contribution in [0.15, 0.2) is 73.2 Å². The molecular weight excluding hydrogens is 312 g/mol. The Bertz CT molecular complexity index is 1040. The Morgan fingerprint density at radius 1 is 0.960 bits per heavy atom. The Morgan fingerprint density at radius 3 is 2.36 bits per heavy atom. The molecule has 0 fully saturated rings. The molecule has 5 heteroatoms. The van der Waals surface area contributed by atoms with E-state index in [0.29, 0.717) is 34.5 Å². The summed E-state index contributed by atoms with van der Waals surface area (Å²) in [4.78, 5) is 21.4. The lowest BCUT2D eigenvalue weighted by Gasteiger charge is -2.04. The molecule has 122 valence electrons. The summed E-state index contributed by atoms with van der Waals surface area (Å²) in [5.41, 5.74) is 8.98. The van der Waals surface area contributed by atoms with Crippen LogP contribution in [0.5, 0.6) is 0 Å². The number of ketones is 1. The second-order valence-corrected chi connectivity index (χ2v) is 5.81. The molecule has 2 aromatic heterocycles. The number of hydrogen-bond donors (Lipinski definition) is 1. The minimum Gasteiger partial charge on any atom is -0.383 e. The Balaban J connectivity index is 1.86. The molecular formula is C20H16N4O. The quantitative estimate of drug-likeness (QED) is 0.583. The zero-order valence-electron chi connectivity index (χ0n) is 13.5. The van der Waals surface area contributed by atoms with Gasteiger partial charge in [-0.05, 0) is 5.56 Å². The molecule has 4 aromatic rings. The van der Waals surface area contributed by atoms with Crippen molar-refractivity contribution in [2.24, 2.45) is 0 Å². The molecule has 0 saturated heterocycles. The van der Waals surface area contributed by atoms with Gasteiger partial charge in [0.05, 0.1) is 10.9 Å². The van der Waals surface area contributed by atoms with Crippen LogP contribution in [0.1, 0.15) is 21.5 Å². The molecule has 0 saturated carbocycles. The summed E-state index contributed by atoms with van der Waals surface area (Å²) in [6, 6.07) is 19.2. The molecule has 0 amide bonds. The Labute approximate surface area is 144 Å². The van der Waals surface area contributed by atoms with Gasteiger partial charge in [-0.25, -0.2) is 9.97 Å². The highest BCUT2D eigenvalue weighted by atomic mass is 16.1. The number of carbonyl (C=O) groups is 1. The lowest BCUT2D eigenvalue weighted by atomic mass is 10.0. The van der Waals surface area contributed by atoms with Crippen molar-refractivity contribution in [3.63, 3.8) is 0 Å². The molecule has 0 aliphatic heterocycles. The minimum atomic E-state index is -0.0843. The van der Waals surface area contributed by atoms with Crippen molar-refractivity contribution in [1.29, 1.82) is 0 Å². The number of hydrogen-bond acceptors (Lipinski definition) is 4. The fourth-order valence-corrected chi connectivity index (χ4v) is 2.96. The summed E-state index contributed by atoms with van der Waals surface area (Å²) in [6.07, 6.45) is 3.24. The summed E-state index contributed by atoms with van der Waals surface area (Å²) in [5.74, 6) is 0.231. The summed E-state index contributed by atoms with van der Waals surface area (Å²) in [7, 11) is 0. The molecule has 4 rings (SSSR count). The van der Waals surface area contributed by atoms with E-state index < -0.39 is 0 Å². The van der Waals surface area contributed by atoms with Gasteiger partial charge in [-0.3, -0.25) is 4.79 Å². The first-order chi connectivity index (χ1) is 12.2. The smallest absolute Gasteiger partial charge is 0.195 e. The number of nitrogen functional groups attached to an aromatic ring is 1. The van der Waals surface area contributed by atoms with Crippen LogP contribution in [-0.2, 0) is 6.54 Å². The van der Waals surface area contributed by atoms with E-state index in [4.69, 9.17) is 5.73 Å². The fraction of sp³-hybridized carbons (Fsp3) is 0.0500. The van der Waals surface area contributed by atoms with Gasteiger partial charge >= 0.3 is 0 Å². The van der Waals surface area contributed by atoms with Crippen molar-refractivity contribution >= 4 is 22.6 Å². The van der Waals surface area contributed by atoms with Gasteiger partial charge in [0, 0.05) is 18.3 Å². The monoisotopic (exact) mass is 328 g/mol. The fourth-order valence-electron chi connectivity index (χ4n) is 2.96. The zero-order chi connectivity index (χ0) is 17.2. The first-order valence-electron chi connectivity index (χ1n) is 7.97. The number of nitrogens with zero attached hydrogens (tertiary/aromatic N) is 3. The first kappa shape index (κ1) is 15.1. The van der Waals surface area contributed by atoms with Crippen LogP contribution in [0.4, 0.5) is 5.82 Å². The SMILES string of the molecule is Nc1ncnc2c1c(C(=O)c1ccccc1)cn2Cc1ccccc1. The predicted octanol–water partition coefficient (Wildman–Crippen LogP) is 3.29. The second-order valence-electron chi connectivity index (χ2n) is 5.81. The van der Waals surface area contributed by atoms with Crippen molar-refractivity contribution in [3.8, 4) is 0 Å². The number of nitrogens with two attached hydrogens (primary N) is 1. The number of benzene rings is 2. The van der Waals surface area contributed by atoms with Gasteiger partial charge in [0.15, 0.2) is 5.78 Å². The topological polar surface area (TPSA) is 73.8 Å². The van der Waals surface area contributed by atoms with Crippen LogP contribution in [0.25, 0.3) is 11.0 Å². The van der Waals surface area contributed by atoms with E-state index in [1.54, 1.807) is 12.1 Å². The maximum absolute atomic E-state index is 13.0. The highest BCUT2D eigenvalue weighted by Crippen LogP contribution is 2.26. The number of carbonyl (C=O) groups excluding carboxylic acids is 1. The minimum absolute atomic E-state index is 0.0843. The molecule has 0 unspecified atom stereocenters. The molecule has 0 aliphatic rings. The molecule has 5 nitrogen and oxygen atoms in total. The average Bonchev–Trinajstić information content (AvgIpc) is 3.02. The standard InChI is InChI=1S/C20H16N4O/c21-19-17-16(18(25)15-9-5-2-6-10-15)12-24(20(17)23-13-22-19)11-14-7-3-1-4-8-14/h1-10,12-13H,11H2,(H2,21,22,23). The molecule has 2 heterocycles. The highest BCUT2D eigenvalue weighted by Gasteiger charge is 2.20. The van der Waals surface area contributed by atoms with Gasteiger partial charge in [0.1, 0.15) is 17.8 Å². The highest BCUT2D eigenvalue weighted by molar-refractivity contribution is 6.17. The van der Waals surface area contributed by atoms with E-state index in [-0.39, 0.29) is 5.78 Å². The van der Waals surface area contributed by atoms with Gasteiger partial charge < -0.3 is 10.3 Å². The third kappa shape index (κ3) is 2.76. The van der Waals surface area contributed by atoms with Crippen molar-refractivity contribution < 1.29 is 4.79 Å². The van der Waals surface area contributed by atoms with Gasteiger partial charge in [-0.1, -0.05) is 60.7 Å². The number of anilines is 1. The van der Waals surface area contributed by atoms with Crippen molar-refractivity contribution in [1.82, 2.24) is 14.5 Å². The number of aromatic nitrogens is 3. The second kappa shape index (κ2) is 6.20. The van der Waals surface area contributed by atoms with E-state index in [0.717, 1.165) is 5.56 Å². The molecule has 0 atom stereocenters. The van der Waals surface area contributed by atoms with E-state index in [2.05, 4.69) is 9.97 Å². The van der Waals surface area contributed by atoms with E-state index in [1.807, 2.05) is 59.3 Å². The molecule has 2 N–H and O–H groups in total. The van der Waals surface area contributed by atoms with Crippen LogP contribution in [0, 0.1) is 0 Å². The maximum atomic E-state index is 13.0. The van der Waals surface area contributed by atoms with Gasteiger partial charge in [-0.15, -0.1) is 0 Å². The Hall–Kier alpha value is -3.47. The normalized spacial score (nSPS) is 10.9. The van der Waals surface area contributed by atoms with Gasteiger partial charge in [-0.2, -0.15) is 0 Å². The van der Waals surface area contributed by atoms with Crippen LogP contribution < -0.4 is 5.73 Å². The Kier molecular flexibility index (Phi) is 3.74. The van der Waals surface area contributed by atoms with Crippen LogP contribution in [0.3, 0.4) is 0 Å². The van der Waals surface area contributed by atoms with Crippen LogP contribution >= 0.6 is 0 Å². The molecule has 2 aromatic carbocycles. The molecule has 0 spiro atoms. The van der Waals surface area contributed by atoms with Crippen LogP contribution in [0.2, 0.25) is 0 Å². The third-order valence-electron chi connectivity index (χ3n) is 4.16. The van der Waals surface area contributed by atoms with E-state index >= 15 is 0 Å². The lowest BCUT2D eigenvalue weighted by Crippen LogP contribution is -2.02. The van der Waals surface area contributed by atoms with Crippen molar-refractivity contribution in [2.75, 3.05) is 5.73 Å². The number of rotatable bonds is 4. The average molecular weight is 328 g/mol. The molecule has 25 heavy (non-hydrogen) atoms. The third-order valence-corrected chi connectivity index (χ3v) is 4.16. The van der Waals surface area contributed by atoms with E-state index in [9.17, 15) is 4.79 Å². The van der Waals surface area contributed by atoms with Gasteiger partial charge in [0.25, 0.3) is 0 Å². The maximum Gasteiger partial charge on any atom is 0.195 e. The molecule has 0 aliphatic carbocycles. The largest absolute Gasteiger partial charge is 0.383 e. The van der Waals surface area contributed by atoms with Gasteiger partial charge in [0.2, 0.25) is 0 Å². The molecule has 0 bridgehead atoms. The summed E-state index contributed by atoms with van der Waals surface area (Å²) in [6.45, 7) is 0.607. The van der Waals surface area contributed by atoms with E-state index in [1.165, 1.54) is 6.33 Å². The zero-order valence-corrected chi connectivity index (χ0v) is 13.5. The molecule has 0 radical (unpaired) electrons. The summed E-state index contributed by atoms with van der Waals surface area (Å²) in [5, 5.41) is 0.604. The first-order valence-corrected chi connectivity index (χ1v) is 7.97. The Morgan fingerprint density at radius 2 is 1.64 bits per heavy atom. The number of fused-ring (bicyclic) bond motifs is 1.